The summed E-state index contributed by atoms with van der Waals surface area (Å²) in [6.07, 6.45) is 1.75. The molecule has 1 amide bonds. The van der Waals surface area contributed by atoms with Gasteiger partial charge in [0.15, 0.2) is 17.4 Å². The Morgan fingerprint density at radius 3 is 2.85 bits per heavy atom. The zero-order valence-electron chi connectivity index (χ0n) is 19.6. The van der Waals surface area contributed by atoms with E-state index >= 15 is 0 Å². The van der Waals surface area contributed by atoms with Crippen LogP contribution in [0.4, 0.5) is 5.82 Å². The van der Waals surface area contributed by atoms with Gasteiger partial charge in [0, 0.05) is 24.9 Å². The summed E-state index contributed by atoms with van der Waals surface area (Å²) < 4.78 is 12.8. The maximum absolute atomic E-state index is 12.2. The van der Waals surface area contributed by atoms with Gasteiger partial charge in [-0.05, 0) is 31.5 Å². The summed E-state index contributed by atoms with van der Waals surface area (Å²) >= 11 is 1.60. The van der Waals surface area contributed by atoms with Crippen LogP contribution in [-0.4, -0.2) is 63.8 Å². The average molecular weight is 473 g/mol. The molecule has 178 valence electrons. The van der Waals surface area contributed by atoms with E-state index in [0.29, 0.717) is 49.0 Å². The first-order valence-corrected chi connectivity index (χ1v) is 12.0. The molecular formula is C23H32N6O3S. The number of amides is 1. The molecule has 0 fully saturated rings. The van der Waals surface area contributed by atoms with E-state index in [1.165, 1.54) is 0 Å². The van der Waals surface area contributed by atoms with Crippen molar-refractivity contribution in [2.24, 2.45) is 0 Å². The first-order chi connectivity index (χ1) is 16.0. The molecule has 33 heavy (non-hydrogen) atoms. The van der Waals surface area contributed by atoms with Crippen LogP contribution in [0.1, 0.15) is 26.3 Å². The van der Waals surface area contributed by atoms with Gasteiger partial charge in [0.05, 0.1) is 24.7 Å². The van der Waals surface area contributed by atoms with Gasteiger partial charge in [0.25, 0.3) is 5.91 Å². The summed E-state index contributed by atoms with van der Waals surface area (Å²) in [5, 5.41) is 12.6. The number of anilines is 1. The minimum Gasteiger partial charge on any atom is -0.484 e. The molecule has 10 heteroatoms. The number of aromatic nitrogens is 4. The van der Waals surface area contributed by atoms with Crippen LogP contribution in [0.5, 0.6) is 5.75 Å². The Balaban J connectivity index is 1.61. The van der Waals surface area contributed by atoms with Gasteiger partial charge in [-0.1, -0.05) is 37.7 Å². The molecule has 0 saturated heterocycles. The zero-order chi connectivity index (χ0) is 23.6. The van der Waals surface area contributed by atoms with Crippen molar-refractivity contribution < 1.29 is 14.3 Å². The lowest BCUT2D eigenvalue weighted by atomic mass is 10.2. The Morgan fingerprint density at radius 1 is 1.24 bits per heavy atom. The number of hydrogen-bond acceptors (Lipinski definition) is 8. The second-order valence-corrected chi connectivity index (χ2v) is 9.25. The highest BCUT2D eigenvalue weighted by molar-refractivity contribution is 7.99. The van der Waals surface area contributed by atoms with Crippen LogP contribution in [0.2, 0.25) is 0 Å². The SMILES string of the molecule is CCOCCNc1nc(SC(C)C)nc2c1cnn2CCNC(=O)COc1cccc(C)c1. The fourth-order valence-corrected chi connectivity index (χ4v) is 3.79. The van der Waals surface area contributed by atoms with Crippen LogP contribution in [0, 0.1) is 6.92 Å². The quantitative estimate of drug-likeness (QED) is 0.222. The molecule has 2 N–H and O–H groups in total. The van der Waals surface area contributed by atoms with Crippen LogP contribution >= 0.6 is 11.8 Å². The van der Waals surface area contributed by atoms with Crippen LogP contribution in [0.15, 0.2) is 35.6 Å². The summed E-state index contributed by atoms with van der Waals surface area (Å²) in [5.74, 6) is 1.24. The predicted molar refractivity (Wildman–Crippen MR) is 131 cm³/mol. The van der Waals surface area contributed by atoms with Gasteiger partial charge in [0.1, 0.15) is 11.6 Å². The molecule has 0 radical (unpaired) electrons. The number of nitrogens with zero attached hydrogens (tertiary/aromatic N) is 4. The molecule has 1 aromatic carbocycles. The number of hydrogen-bond donors (Lipinski definition) is 2. The van der Waals surface area contributed by atoms with E-state index < -0.39 is 0 Å². The number of fused-ring (bicyclic) bond motifs is 1. The van der Waals surface area contributed by atoms with E-state index in [-0.39, 0.29) is 12.5 Å². The number of benzene rings is 1. The lowest BCUT2D eigenvalue weighted by Gasteiger charge is -2.11. The van der Waals surface area contributed by atoms with Crippen LogP contribution < -0.4 is 15.4 Å². The summed E-state index contributed by atoms with van der Waals surface area (Å²) in [6, 6.07) is 7.62. The molecule has 0 spiro atoms. The number of aryl methyl sites for hydroxylation is 1. The molecule has 0 aliphatic rings. The number of thioether (sulfide) groups is 1. The topological polar surface area (TPSA) is 103 Å². The van der Waals surface area contributed by atoms with E-state index in [2.05, 4.69) is 34.6 Å². The van der Waals surface area contributed by atoms with Gasteiger partial charge in [-0.3, -0.25) is 4.79 Å². The van der Waals surface area contributed by atoms with E-state index in [1.807, 2.05) is 38.1 Å². The second-order valence-electron chi connectivity index (χ2n) is 7.71. The smallest absolute Gasteiger partial charge is 0.258 e. The van der Waals surface area contributed by atoms with Crippen LogP contribution in [0.25, 0.3) is 11.0 Å². The highest BCUT2D eigenvalue weighted by atomic mass is 32.2. The minimum atomic E-state index is -0.183. The molecule has 3 aromatic rings. The maximum Gasteiger partial charge on any atom is 0.258 e. The average Bonchev–Trinajstić information content (AvgIpc) is 3.18. The summed E-state index contributed by atoms with van der Waals surface area (Å²) in [4.78, 5) is 21.5. The third-order valence-electron chi connectivity index (χ3n) is 4.57. The van der Waals surface area contributed by atoms with Crippen molar-refractivity contribution in [3.8, 4) is 5.75 Å². The largest absolute Gasteiger partial charge is 0.484 e. The summed E-state index contributed by atoms with van der Waals surface area (Å²) in [6.45, 7) is 10.9. The first kappa shape index (κ1) is 24.8. The van der Waals surface area contributed by atoms with Gasteiger partial charge in [-0.2, -0.15) is 5.10 Å². The van der Waals surface area contributed by atoms with Gasteiger partial charge in [-0.15, -0.1) is 0 Å². The van der Waals surface area contributed by atoms with Gasteiger partial charge >= 0.3 is 0 Å². The molecule has 2 aromatic heterocycles. The molecular weight excluding hydrogens is 440 g/mol. The number of ether oxygens (including phenoxy) is 2. The molecule has 0 unspecified atom stereocenters. The normalized spacial score (nSPS) is 11.2. The van der Waals surface area contributed by atoms with Crippen LogP contribution in [-0.2, 0) is 16.1 Å². The molecule has 9 nitrogen and oxygen atoms in total. The molecule has 0 aliphatic carbocycles. The van der Waals surface area contributed by atoms with Gasteiger partial charge in [-0.25, -0.2) is 14.6 Å². The van der Waals surface area contributed by atoms with Crippen LogP contribution in [0.3, 0.4) is 0 Å². The molecule has 2 heterocycles. The van der Waals surface area contributed by atoms with Crippen molar-refractivity contribution >= 4 is 34.5 Å². The Labute approximate surface area is 198 Å². The third kappa shape index (κ3) is 7.61. The fourth-order valence-electron chi connectivity index (χ4n) is 3.09. The molecule has 0 atom stereocenters. The Kier molecular flexibility index (Phi) is 9.32. The Morgan fingerprint density at radius 2 is 2.09 bits per heavy atom. The molecule has 3 rings (SSSR count). The fraction of sp³-hybridized carbons (Fsp3) is 0.478. The van der Waals surface area contributed by atoms with E-state index in [0.717, 1.165) is 22.4 Å². The Hall–Kier alpha value is -2.85. The Bertz CT molecular complexity index is 1060. The van der Waals surface area contributed by atoms with Gasteiger partial charge in [0.2, 0.25) is 0 Å². The number of rotatable bonds is 13. The highest BCUT2D eigenvalue weighted by Crippen LogP contribution is 2.26. The number of nitrogens with one attached hydrogen (secondary N) is 2. The van der Waals surface area contributed by atoms with Crippen molar-refractivity contribution in [1.29, 1.82) is 0 Å². The molecule has 0 bridgehead atoms. The van der Waals surface area contributed by atoms with Gasteiger partial charge < -0.3 is 20.1 Å². The summed E-state index contributed by atoms with van der Waals surface area (Å²) in [5.41, 5.74) is 1.82. The molecule has 0 aliphatic heterocycles. The maximum atomic E-state index is 12.2. The first-order valence-electron chi connectivity index (χ1n) is 11.1. The van der Waals surface area contributed by atoms with Crippen molar-refractivity contribution in [3.05, 3.63) is 36.0 Å². The zero-order valence-corrected chi connectivity index (χ0v) is 20.4. The van der Waals surface area contributed by atoms with Crippen molar-refractivity contribution in [2.75, 3.05) is 38.2 Å². The van der Waals surface area contributed by atoms with Crippen molar-refractivity contribution in [3.63, 3.8) is 0 Å². The van der Waals surface area contributed by atoms with Crippen molar-refractivity contribution in [2.45, 2.75) is 44.6 Å². The standard InChI is InChI=1S/C23H32N6O3S/c1-5-31-12-10-25-21-19-14-26-29(22(19)28-23(27-21)33-16(2)3)11-9-24-20(30)15-32-18-8-6-7-17(4)13-18/h6-8,13-14,16H,5,9-12,15H2,1-4H3,(H,24,30)(H,25,27,28). The van der Waals surface area contributed by atoms with E-state index in [1.54, 1.807) is 22.6 Å². The van der Waals surface area contributed by atoms with E-state index in [4.69, 9.17) is 14.5 Å². The lowest BCUT2D eigenvalue weighted by Crippen LogP contribution is -2.31. The third-order valence-corrected chi connectivity index (χ3v) is 5.43. The van der Waals surface area contributed by atoms with Crippen molar-refractivity contribution in [1.82, 2.24) is 25.1 Å². The minimum absolute atomic E-state index is 0.0332. The second kappa shape index (κ2) is 12.4. The highest BCUT2D eigenvalue weighted by Gasteiger charge is 2.14. The van der Waals surface area contributed by atoms with E-state index in [9.17, 15) is 4.79 Å². The summed E-state index contributed by atoms with van der Waals surface area (Å²) in [7, 11) is 0. The number of carbonyl (C=O) groups is 1. The number of carbonyl (C=O) groups excluding carboxylic acids is 1. The lowest BCUT2D eigenvalue weighted by molar-refractivity contribution is -0.123. The predicted octanol–water partition coefficient (Wildman–Crippen LogP) is 3.28. The monoisotopic (exact) mass is 472 g/mol. The molecule has 0 saturated carbocycles.